The van der Waals surface area contributed by atoms with E-state index >= 15 is 0 Å². The van der Waals surface area contributed by atoms with Gasteiger partial charge in [0.15, 0.2) is 0 Å². The van der Waals surface area contributed by atoms with Gasteiger partial charge in [0.2, 0.25) is 5.82 Å². The molecule has 84 valence electrons. The first kappa shape index (κ1) is 10.0. The zero-order chi connectivity index (χ0) is 11.7. The molecule has 2 heterocycles. The predicted octanol–water partition coefficient (Wildman–Crippen LogP) is 2.31. The minimum Gasteiger partial charge on any atom is -0.312 e. The van der Waals surface area contributed by atoms with Gasteiger partial charge in [0.05, 0.1) is 10.7 Å². The van der Waals surface area contributed by atoms with E-state index in [-0.39, 0.29) is 0 Å². The summed E-state index contributed by atoms with van der Waals surface area (Å²) in [4.78, 5) is 0. The third kappa shape index (κ3) is 1.81. The molecular weight excluding hydrogens is 238 g/mol. The highest BCUT2D eigenvalue weighted by molar-refractivity contribution is 6.30. The van der Waals surface area contributed by atoms with Crippen LogP contribution in [0.1, 0.15) is 0 Å². The van der Waals surface area contributed by atoms with Crippen molar-refractivity contribution in [1.82, 2.24) is 25.2 Å². The number of halogens is 1. The lowest BCUT2D eigenvalue weighted by molar-refractivity contribution is 0.881. The van der Waals surface area contributed by atoms with Gasteiger partial charge in [-0.15, -0.1) is 10.2 Å². The van der Waals surface area contributed by atoms with Crippen LogP contribution in [0.3, 0.4) is 0 Å². The molecule has 0 aliphatic carbocycles. The molecule has 0 saturated heterocycles. The van der Waals surface area contributed by atoms with E-state index in [9.17, 15) is 0 Å². The van der Waals surface area contributed by atoms with E-state index in [1.807, 2.05) is 41.1 Å². The average molecular weight is 246 g/mol. The lowest BCUT2D eigenvalue weighted by atomic mass is 10.3. The summed E-state index contributed by atoms with van der Waals surface area (Å²) >= 11 is 6.03. The Bertz CT molecular complexity index is 615. The first-order chi connectivity index (χ1) is 8.34. The van der Waals surface area contributed by atoms with Crippen molar-refractivity contribution in [3.63, 3.8) is 0 Å². The summed E-state index contributed by atoms with van der Waals surface area (Å²) in [6.07, 6.45) is 1.82. The Morgan fingerprint density at radius 1 is 1.18 bits per heavy atom. The van der Waals surface area contributed by atoms with E-state index in [1.165, 1.54) is 0 Å². The van der Waals surface area contributed by atoms with Crippen LogP contribution in [0.2, 0.25) is 5.02 Å². The van der Waals surface area contributed by atoms with Gasteiger partial charge in [0.1, 0.15) is 0 Å². The number of aromatic amines is 1. The third-order valence-electron chi connectivity index (χ3n) is 2.40. The van der Waals surface area contributed by atoms with Gasteiger partial charge in [-0.3, -0.25) is 0 Å². The molecule has 0 saturated carbocycles. The maximum Gasteiger partial charge on any atom is 0.221 e. The zero-order valence-corrected chi connectivity index (χ0v) is 9.46. The third-order valence-corrected chi connectivity index (χ3v) is 2.60. The largest absolute Gasteiger partial charge is 0.312 e. The van der Waals surface area contributed by atoms with Crippen LogP contribution in [0.5, 0.6) is 0 Å². The van der Waals surface area contributed by atoms with Gasteiger partial charge in [0, 0.05) is 11.9 Å². The number of tetrazole rings is 1. The molecule has 0 aliphatic heterocycles. The number of hydrogen-bond acceptors (Lipinski definition) is 3. The van der Waals surface area contributed by atoms with Crippen LogP contribution in [0.15, 0.2) is 42.6 Å². The van der Waals surface area contributed by atoms with Crippen molar-refractivity contribution in [1.29, 1.82) is 0 Å². The summed E-state index contributed by atoms with van der Waals surface area (Å²) in [5.74, 6) is 0.515. The molecule has 0 radical (unpaired) electrons. The molecule has 5 nitrogen and oxygen atoms in total. The van der Waals surface area contributed by atoms with Crippen LogP contribution >= 0.6 is 11.6 Å². The molecule has 0 unspecified atom stereocenters. The fraction of sp³-hybridized carbons (Fsp3) is 0. The smallest absolute Gasteiger partial charge is 0.221 e. The number of H-pyrrole nitrogens is 1. The van der Waals surface area contributed by atoms with Crippen molar-refractivity contribution in [2.75, 3.05) is 0 Å². The summed E-state index contributed by atoms with van der Waals surface area (Å²) in [7, 11) is 0. The van der Waals surface area contributed by atoms with Gasteiger partial charge in [-0.2, -0.15) is 5.21 Å². The van der Waals surface area contributed by atoms with Crippen LogP contribution in [0.25, 0.3) is 17.2 Å². The SMILES string of the molecule is Clc1cc(-c2nn[nH]n2)n(-c2ccccc2)c1. The van der Waals surface area contributed by atoms with Crippen LogP contribution in [0, 0.1) is 0 Å². The first-order valence-electron chi connectivity index (χ1n) is 5.02. The highest BCUT2D eigenvalue weighted by Crippen LogP contribution is 2.25. The molecule has 0 bridgehead atoms. The molecule has 2 aromatic heterocycles. The molecule has 3 aromatic rings. The van der Waals surface area contributed by atoms with Crippen molar-refractivity contribution < 1.29 is 0 Å². The van der Waals surface area contributed by atoms with Crippen molar-refractivity contribution in [2.45, 2.75) is 0 Å². The molecule has 1 aromatic carbocycles. The quantitative estimate of drug-likeness (QED) is 0.754. The number of aromatic nitrogens is 5. The van der Waals surface area contributed by atoms with E-state index in [1.54, 1.807) is 6.07 Å². The molecule has 6 heteroatoms. The normalized spacial score (nSPS) is 10.6. The van der Waals surface area contributed by atoms with E-state index in [0.717, 1.165) is 11.4 Å². The van der Waals surface area contributed by atoms with Gasteiger partial charge in [-0.25, -0.2) is 0 Å². The Balaban J connectivity index is 2.18. The van der Waals surface area contributed by atoms with E-state index < -0.39 is 0 Å². The summed E-state index contributed by atoms with van der Waals surface area (Å²) < 4.78 is 1.92. The highest BCUT2D eigenvalue weighted by atomic mass is 35.5. The van der Waals surface area contributed by atoms with E-state index in [2.05, 4.69) is 20.6 Å². The van der Waals surface area contributed by atoms with Crippen LogP contribution in [-0.4, -0.2) is 25.2 Å². The highest BCUT2D eigenvalue weighted by Gasteiger charge is 2.12. The Morgan fingerprint density at radius 3 is 2.71 bits per heavy atom. The average Bonchev–Trinajstić information content (AvgIpc) is 2.98. The van der Waals surface area contributed by atoms with Gasteiger partial charge in [0.25, 0.3) is 0 Å². The Hall–Kier alpha value is -2.14. The fourth-order valence-electron chi connectivity index (χ4n) is 1.68. The van der Waals surface area contributed by atoms with Gasteiger partial charge >= 0.3 is 0 Å². The molecule has 0 aliphatic rings. The fourth-order valence-corrected chi connectivity index (χ4v) is 1.88. The number of nitrogens with zero attached hydrogens (tertiary/aromatic N) is 4. The van der Waals surface area contributed by atoms with Crippen molar-refractivity contribution in [3.05, 3.63) is 47.6 Å². The zero-order valence-electron chi connectivity index (χ0n) is 8.71. The summed E-state index contributed by atoms with van der Waals surface area (Å²) in [6, 6.07) is 11.7. The maximum absolute atomic E-state index is 6.03. The second kappa shape index (κ2) is 4.03. The molecule has 0 atom stereocenters. The Labute approximate surface area is 102 Å². The minimum atomic E-state index is 0.515. The molecule has 1 N–H and O–H groups in total. The van der Waals surface area contributed by atoms with Gasteiger partial charge in [-0.1, -0.05) is 29.8 Å². The standard InChI is InChI=1S/C11H8ClN5/c12-8-6-10(11-13-15-16-14-11)17(7-8)9-4-2-1-3-5-9/h1-7H,(H,13,14,15,16). The number of para-hydroxylation sites is 1. The Morgan fingerprint density at radius 2 is 2.00 bits per heavy atom. The van der Waals surface area contributed by atoms with E-state index in [0.29, 0.717) is 10.8 Å². The number of nitrogens with one attached hydrogen (secondary N) is 1. The molecule has 0 fully saturated rings. The molecule has 0 amide bonds. The summed E-state index contributed by atoms with van der Waals surface area (Å²) in [5.41, 5.74) is 1.80. The lowest BCUT2D eigenvalue weighted by Crippen LogP contribution is -1.95. The minimum absolute atomic E-state index is 0.515. The van der Waals surface area contributed by atoms with Crippen LogP contribution in [0.4, 0.5) is 0 Å². The Kier molecular flexibility index (Phi) is 2.38. The molecular formula is C11H8ClN5. The van der Waals surface area contributed by atoms with Gasteiger partial charge < -0.3 is 4.57 Å². The number of benzene rings is 1. The number of hydrogen-bond donors (Lipinski definition) is 1. The van der Waals surface area contributed by atoms with Crippen LogP contribution in [-0.2, 0) is 0 Å². The predicted molar refractivity (Wildman–Crippen MR) is 64.0 cm³/mol. The maximum atomic E-state index is 6.03. The topological polar surface area (TPSA) is 59.4 Å². The first-order valence-corrected chi connectivity index (χ1v) is 5.39. The second-order valence-electron chi connectivity index (χ2n) is 3.48. The van der Waals surface area contributed by atoms with Gasteiger partial charge in [-0.05, 0) is 23.4 Å². The number of rotatable bonds is 2. The van der Waals surface area contributed by atoms with Crippen molar-refractivity contribution in [2.24, 2.45) is 0 Å². The molecule has 3 rings (SSSR count). The van der Waals surface area contributed by atoms with E-state index in [4.69, 9.17) is 11.6 Å². The van der Waals surface area contributed by atoms with Crippen molar-refractivity contribution >= 4 is 11.6 Å². The molecule has 0 spiro atoms. The second-order valence-corrected chi connectivity index (χ2v) is 3.92. The monoisotopic (exact) mass is 245 g/mol. The lowest BCUT2D eigenvalue weighted by Gasteiger charge is -2.05. The van der Waals surface area contributed by atoms with Crippen molar-refractivity contribution in [3.8, 4) is 17.2 Å². The summed E-state index contributed by atoms with van der Waals surface area (Å²) in [5, 5.41) is 14.5. The van der Waals surface area contributed by atoms with Crippen LogP contribution < -0.4 is 0 Å². The summed E-state index contributed by atoms with van der Waals surface area (Å²) in [6.45, 7) is 0. The molecule has 17 heavy (non-hydrogen) atoms.